The van der Waals surface area contributed by atoms with Gasteiger partial charge in [-0.2, -0.15) is 0 Å². The molecule has 2 saturated heterocycles. The lowest BCUT2D eigenvalue weighted by atomic mass is 9.85. The maximum Gasteiger partial charge on any atom is 0.327 e. The van der Waals surface area contributed by atoms with Crippen LogP contribution >= 0.6 is 0 Å². The molecule has 0 aromatic heterocycles. The van der Waals surface area contributed by atoms with E-state index in [4.69, 9.17) is 4.74 Å². The number of rotatable bonds is 9. The second-order valence-electron chi connectivity index (χ2n) is 9.09. The molecule has 0 aliphatic carbocycles. The molecule has 172 valence electrons. The van der Waals surface area contributed by atoms with Crippen molar-refractivity contribution in [2.75, 3.05) is 53.9 Å². The predicted octanol–water partition coefficient (Wildman–Crippen LogP) is 2.70. The third kappa shape index (κ3) is 4.88. The summed E-state index contributed by atoms with van der Waals surface area (Å²) in [6.45, 7) is 7.68. The summed E-state index contributed by atoms with van der Waals surface area (Å²) in [5.41, 5.74) is 0.663. The summed E-state index contributed by atoms with van der Waals surface area (Å²) >= 11 is 0. The van der Waals surface area contributed by atoms with Crippen molar-refractivity contribution in [2.45, 2.75) is 51.1 Å². The van der Waals surface area contributed by atoms with Crippen molar-refractivity contribution < 1.29 is 14.3 Å². The Balaban J connectivity index is 1.58. The summed E-state index contributed by atoms with van der Waals surface area (Å²) in [7, 11) is 5.61. The number of aryl methyl sites for hydroxylation is 1. The first kappa shape index (κ1) is 23.5. The van der Waals surface area contributed by atoms with E-state index in [0.717, 1.165) is 44.5 Å². The van der Waals surface area contributed by atoms with Crippen LogP contribution in [0.1, 0.15) is 38.7 Å². The summed E-state index contributed by atoms with van der Waals surface area (Å²) in [4.78, 5) is 34.1. The van der Waals surface area contributed by atoms with E-state index in [-0.39, 0.29) is 11.9 Å². The van der Waals surface area contributed by atoms with Crippen LogP contribution in [0.15, 0.2) is 24.3 Å². The molecule has 7 nitrogen and oxygen atoms in total. The van der Waals surface area contributed by atoms with Gasteiger partial charge in [-0.1, -0.05) is 12.1 Å². The van der Waals surface area contributed by atoms with Crippen LogP contribution in [0.5, 0.6) is 5.75 Å². The zero-order valence-corrected chi connectivity index (χ0v) is 19.8. The molecule has 1 unspecified atom stereocenters. The van der Waals surface area contributed by atoms with E-state index in [9.17, 15) is 9.59 Å². The SMILES string of the molecule is CCN1C(=O)N(CCN(C)C)C(=O)C12CCN(C(C)CCc1ccc(OC)cc1)CC2. The molecular weight excluding hydrogens is 392 g/mol. The van der Waals surface area contributed by atoms with Crippen LogP contribution in [0.2, 0.25) is 0 Å². The highest BCUT2D eigenvalue weighted by Crippen LogP contribution is 2.37. The highest BCUT2D eigenvalue weighted by Gasteiger charge is 2.57. The molecular formula is C24H38N4O3. The summed E-state index contributed by atoms with van der Waals surface area (Å²) in [5.74, 6) is 0.890. The van der Waals surface area contributed by atoms with Gasteiger partial charge in [-0.3, -0.25) is 9.69 Å². The van der Waals surface area contributed by atoms with E-state index in [1.54, 1.807) is 7.11 Å². The Labute approximate surface area is 186 Å². The predicted molar refractivity (Wildman–Crippen MR) is 122 cm³/mol. The van der Waals surface area contributed by atoms with Crippen LogP contribution < -0.4 is 4.74 Å². The second kappa shape index (κ2) is 10.0. The van der Waals surface area contributed by atoms with E-state index in [1.807, 2.05) is 43.0 Å². The summed E-state index contributed by atoms with van der Waals surface area (Å²) < 4.78 is 5.23. The molecule has 2 aliphatic rings. The number of hydrogen-bond acceptors (Lipinski definition) is 5. The summed E-state index contributed by atoms with van der Waals surface area (Å²) in [5, 5.41) is 0. The highest BCUT2D eigenvalue weighted by molar-refractivity contribution is 6.07. The molecule has 0 bridgehead atoms. The Morgan fingerprint density at radius 1 is 1.13 bits per heavy atom. The number of likely N-dealkylation sites (N-methyl/N-ethyl adjacent to an activating group) is 2. The van der Waals surface area contributed by atoms with Gasteiger partial charge in [0.25, 0.3) is 5.91 Å². The number of amides is 3. The Morgan fingerprint density at radius 2 is 1.77 bits per heavy atom. The van der Waals surface area contributed by atoms with Gasteiger partial charge in [0.2, 0.25) is 0 Å². The summed E-state index contributed by atoms with van der Waals surface area (Å²) in [6, 6.07) is 8.59. The van der Waals surface area contributed by atoms with Crippen molar-refractivity contribution >= 4 is 11.9 Å². The molecule has 2 heterocycles. The number of methoxy groups -OCH3 is 1. The average molecular weight is 431 g/mol. The first-order valence-electron chi connectivity index (χ1n) is 11.5. The fraction of sp³-hybridized carbons (Fsp3) is 0.667. The number of ether oxygens (including phenoxy) is 1. The third-order valence-electron chi connectivity index (χ3n) is 6.97. The maximum atomic E-state index is 13.3. The van der Waals surface area contributed by atoms with Crippen molar-refractivity contribution in [1.29, 1.82) is 0 Å². The van der Waals surface area contributed by atoms with Gasteiger partial charge in [0.05, 0.1) is 7.11 Å². The molecule has 1 atom stereocenters. The maximum absolute atomic E-state index is 13.3. The van der Waals surface area contributed by atoms with Crippen molar-refractivity contribution in [3.05, 3.63) is 29.8 Å². The van der Waals surface area contributed by atoms with Gasteiger partial charge in [0.1, 0.15) is 11.3 Å². The van der Waals surface area contributed by atoms with Crippen LogP contribution in [-0.4, -0.2) is 97.0 Å². The fourth-order valence-electron chi connectivity index (χ4n) is 4.89. The van der Waals surface area contributed by atoms with E-state index in [1.165, 1.54) is 10.5 Å². The van der Waals surface area contributed by atoms with Crippen LogP contribution in [0.3, 0.4) is 0 Å². The lowest BCUT2D eigenvalue weighted by Crippen LogP contribution is -2.57. The number of hydrogen-bond donors (Lipinski definition) is 0. The molecule has 1 aromatic carbocycles. The van der Waals surface area contributed by atoms with E-state index < -0.39 is 5.54 Å². The lowest BCUT2D eigenvalue weighted by molar-refractivity contribution is -0.136. The van der Waals surface area contributed by atoms with Crippen LogP contribution in [0.4, 0.5) is 4.79 Å². The van der Waals surface area contributed by atoms with Crippen molar-refractivity contribution in [3.8, 4) is 5.75 Å². The summed E-state index contributed by atoms with van der Waals surface area (Å²) in [6.07, 6.45) is 3.52. The highest BCUT2D eigenvalue weighted by atomic mass is 16.5. The third-order valence-corrected chi connectivity index (χ3v) is 6.97. The molecule has 3 amide bonds. The molecule has 1 aromatic rings. The van der Waals surface area contributed by atoms with E-state index in [0.29, 0.717) is 25.7 Å². The minimum absolute atomic E-state index is 0.00624. The fourth-order valence-corrected chi connectivity index (χ4v) is 4.89. The van der Waals surface area contributed by atoms with Crippen molar-refractivity contribution in [1.82, 2.24) is 19.6 Å². The van der Waals surface area contributed by atoms with E-state index in [2.05, 4.69) is 24.0 Å². The Kier molecular flexibility index (Phi) is 7.59. The van der Waals surface area contributed by atoms with Crippen LogP contribution in [0, 0.1) is 0 Å². The Morgan fingerprint density at radius 3 is 2.32 bits per heavy atom. The average Bonchev–Trinajstić information content (AvgIpc) is 2.96. The van der Waals surface area contributed by atoms with Crippen LogP contribution in [0.25, 0.3) is 0 Å². The number of carbonyl (C=O) groups excluding carboxylic acids is 2. The monoisotopic (exact) mass is 430 g/mol. The van der Waals surface area contributed by atoms with E-state index >= 15 is 0 Å². The zero-order valence-electron chi connectivity index (χ0n) is 19.8. The number of nitrogens with zero attached hydrogens (tertiary/aromatic N) is 4. The number of urea groups is 1. The second-order valence-corrected chi connectivity index (χ2v) is 9.09. The molecule has 2 fully saturated rings. The molecule has 0 saturated carbocycles. The smallest absolute Gasteiger partial charge is 0.327 e. The van der Waals surface area contributed by atoms with Crippen molar-refractivity contribution in [2.24, 2.45) is 0 Å². The van der Waals surface area contributed by atoms with Gasteiger partial charge in [-0.05, 0) is 71.3 Å². The number of benzene rings is 1. The van der Waals surface area contributed by atoms with Gasteiger partial charge < -0.3 is 19.4 Å². The number of piperidine rings is 1. The Hall–Kier alpha value is -2.12. The lowest BCUT2D eigenvalue weighted by Gasteiger charge is -2.43. The topological polar surface area (TPSA) is 56.3 Å². The van der Waals surface area contributed by atoms with Crippen LogP contribution in [-0.2, 0) is 11.2 Å². The minimum Gasteiger partial charge on any atom is -0.497 e. The number of imide groups is 1. The molecule has 31 heavy (non-hydrogen) atoms. The molecule has 7 heteroatoms. The van der Waals surface area contributed by atoms with Gasteiger partial charge in [-0.25, -0.2) is 4.79 Å². The van der Waals surface area contributed by atoms with Gasteiger partial charge >= 0.3 is 6.03 Å². The zero-order chi connectivity index (χ0) is 22.6. The number of carbonyl (C=O) groups is 2. The molecule has 3 rings (SSSR count). The quantitative estimate of drug-likeness (QED) is 0.564. The van der Waals surface area contributed by atoms with Crippen molar-refractivity contribution in [3.63, 3.8) is 0 Å². The standard InChI is InChI=1S/C24H38N4O3/c1-6-28-23(30)27(18-17-25(3)4)22(29)24(28)13-15-26(16-14-24)19(2)7-8-20-9-11-21(31-5)12-10-20/h9-12,19H,6-8,13-18H2,1-5H3. The first-order valence-corrected chi connectivity index (χ1v) is 11.5. The molecule has 1 spiro atoms. The van der Waals surface area contributed by atoms with Gasteiger partial charge in [0, 0.05) is 38.8 Å². The number of likely N-dealkylation sites (tertiary alicyclic amines) is 1. The van der Waals surface area contributed by atoms with Gasteiger partial charge in [-0.15, -0.1) is 0 Å². The molecule has 2 aliphatic heterocycles. The largest absolute Gasteiger partial charge is 0.497 e. The molecule has 0 radical (unpaired) electrons. The van der Waals surface area contributed by atoms with Gasteiger partial charge in [0.15, 0.2) is 0 Å². The minimum atomic E-state index is -0.648. The Bertz CT molecular complexity index is 757. The normalized spacial score (nSPS) is 20.2. The first-order chi connectivity index (χ1) is 14.8. The molecule has 0 N–H and O–H groups in total.